The van der Waals surface area contributed by atoms with Gasteiger partial charge >= 0.3 is 0 Å². The van der Waals surface area contributed by atoms with E-state index in [4.69, 9.17) is 0 Å². The van der Waals surface area contributed by atoms with E-state index in [1.54, 1.807) is 22.5 Å². The molecule has 1 aromatic carbocycles. The summed E-state index contributed by atoms with van der Waals surface area (Å²) < 4.78 is 36.5. The highest BCUT2D eigenvalue weighted by atomic mass is 32.2. The minimum atomic E-state index is -3.52. The highest BCUT2D eigenvalue weighted by Gasteiger charge is 2.46. The van der Waals surface area contributed by atoms with Crippen molar-refractivity contribution < 1.29 is 8.42 Å². The molecule has 116 valence electrons. The van der Waals surface area contributed by atoms with Crippen LogP contribution in [0.3, 0.4) is 0 Å². The number of rotatable bonds is 2. The molecule has 0 spiro atoms. The van der Waals surface area contributed by atoms with Crippen molar-refractivity contribution in [3.05, 3.63) is 29.8 Å². The second kappa shape index (κ2) is 5.11. The van der Waals surface area contributed by atoms with Crippen LogP contribution in [0.2, 0.25) is 0 Å². The van der Waals surface area contributed by atoms with Crippen LogP contribution in [0.1, 0.15) is 32.6 Å². The van der Waals surface area contributed by atoms with Crippen LogP contribution < -0.4 is 0 Å². The molecule has 3 heterocycles. The van der Waals surface area contributed by atoms with Crippen LogP contribution in [-0.2, 0) is 10.0 Å². The normalized spacial score (nSPS) is 25.8. The predicted octanol–water partition coefficient (Wildman–Crippen LogP) is 2.95. The zero-order valence-corrected chi connectivity index (χ0v) is 13.9. The minimum Gasteiger partial charge on any atom is -0.207 e. The number of sulfonamides is 1. The van der Waals surface area contributed by atoms with Gasteiger partial charge in [-0.1, -0.05) is 17.7 Å². The Kier molecular flexibility index (Phi) is 3.32. The first-order chi connectivity index (χ1) is 10.6. The summed E-state index contributed by atoms with van der Waals surface area (Å²) in [5.41, 5.74) is 2.54. The first-order valence-corrected chi connectivity index (χ1v) is 9.67. The van der Waals surface area contributed by atoms with Crippen molar-refractivity contribution in [2.45, 2.75) is 49.6 Å². The predicted molar refractivity (Wildman–Crippen MR) is 86.2 cm³/mol. The maximum absolute atomic E-state index is 13.2. The Morgan fingerprint density at radius 2 is 1.95 bits per heavy atom. The van der Waals surface area contributed by atoms with Gasteiger partial charge in [0.25, 0.3) is 0 Å². The molecule has 2 aromatic rings. The number of hydrogen-bond donors (Lipinski definition) is 0. The summed E-state index contributed by atoms with van der Waals surface area (Å²) in [4.78, 5) is 0.305. The summed E-state index contributed by atoms with van der Waals surface area (Å²) in [6.07, 6.45) is 5.76. The van der Waals surface area contributed by atoms with Crippen LogP contribution in [0, 0.1) is 0 Å². The summed E-state index contributed by atoms with van der Waals surface area (Å²) >= 11 is 1.06. The Balaban J connectivity index is 1.81. The van der Waals surface area contributed by atoms with Gasteiger partial charge in [-0.15, -0.1) is 0 Å². The van der Waals surface area contributed by atoms with Gasteiger partial charge in [-0.25, -0.2) is 8.42 Å². The molecular formula is C15H17N3O2S2. The SMILES string of the molecule is CC=C1CC2CCC(C1)N2S(=O)(=O)c1cccc2nsnc12. The Bertz CT molecular complexity index is 841. The average Bonchev–Trinajstić information content (AvgIpc) is 3.09. The number of benzene rings is 1. The van der Waals surface area contributed by atoms with Crippen LogP contribution in [-0.4, -0.2) is 33.6 Å². The molecule has 2 fully saturated rings. The van der Waals surface area contributed by atoms with Crippen molar-refractivity contribution >= 4 is 32.8 Å². The molecule has 2 unspecified atom stereocenters. The first kappa shape index (κ1) is 14.3. The maximum atomic E-state index is 13.2. The maximum Gasteiger partial charge on any atom is 0.245 e. The standard InChI is InChI=1S/C15H17N3O2S2/c1-2-10-8-11-6-7-12(9-10)18(11)22(19,20)14-5-3-4-13-15(14)17-21-16-13/h2-5,11-12H,6-9H2,1H3. The molecule has 2 bridgehead atoms. The van der Waals surface area contributed by atoms with E-state index in [9.17, 15) is 8.42 Å². The van der Waals surface area contributed by atoms with Gasteiger partial charge in [0.15, 0.2) is 0 Å². The van der Waals surface area contributed by atoms with Crippen molar-refractivity contribution in [1.29, 1.82) is 0 Å². The molecule has 0 radical (unpaired) electrons. The molecule has 5 nitrogen and oxygen atoms in total. The second-order valence-electron chi connectivity index (χ2n) is 5.96. The molecule has 0 N–H and O–H groups in total. The van der Waals surface area contributed by atoms with E-state index in [-0.39, 0.29) is 12.1 Å². The van der Waals surface area contributed by atoms with Gasteiger partial charge in [-0.2, -0.15) is 13.1 Å². The van der Waals surface area contributed by atoms with Crippen LogP contribution in [0.15, 0.2) is 34.7 Å². The van der Waals surface area contributed by atoms with Gasteiger partial charge in [-0.3, -0.25) is 0 Å². The van der Waals surface area contributed by atoms with E-state index < -0.39 is 10.0 Å². The van der Waals surface area contributed by atoms with E-state index in [1.165, 1.54) is 5.57 Å². The third kappa shape index (κ3) is 2.03. The van der Waals surface area contributed by atoms with Gasteiger partial charge < -0.3 is 0 Å². The number of aromatic nitrogens is 2. The molecular weight excluding hydrogens is 318 g/mol. The highest BCUT2D eigenvalue weighted by molar-refractivity contribution is 7.89. The minimum absolute atomic E-state index is 0.0943. The molecule has 22 heavy (non-hydrogen) atoms. The lowest BCUT2D eigenvalue weighted by Gasteiger charge is -2.35. The molecule has 7 heteroatoms. The third-order valence-electron chi connectivity index (χ3n) is 4.76. The largest absolute Gasteiger partial charge is 0.245 e. The fraction of sp³-hybridized carbons (Fsp3) is 0.467. The van der Waals surface area contributed by atoms with Crippen LogP contribution in [0.4, 0.5) is 0 Å². The second-order valence-corrected chi connectivity index (χ2v) is 8.30. The lowest BCUT2D eigenvalue weighted by atomic mass is 9.99. The van der Waals surface area contributed by atoms with Gasteiger partial charge in [-0.05, 0) is 44.7 Å². The molecule has 0 saturated carbocycles. The number of allylic oxidation sites excluding steroid dienone is 1. The number of nitrogens with zero attached hydrogens (tertiary/aromatic N) is 3. The van der Waals surface area contributed by atoms with E-state index in [0.717, 1.165) is 37.4 Å². The zero-order valence-electron chi connectivity index (χ0n) is 12.3. The molecule has 2 aliphatic heterocycles. The first-order valence-electron chi connectivity index (χ1n) is 7.50. The lowest BCUT2D eigenvalue weighted by molar-refractivity contribution is 0.285. The smallest absolute Gasteiger partial charge is 0.207 e. The molecule has 2 atom stereocenters. The summed E-state index contributed by atoms with van der Waals surface area (Å²) in [6, 6.07) is 5.40. The van der Waals surface area contributed by atoms with Crippen LogP contribution in [0.5, 0.6) is 0 Å². The van der Waals surface area contributed by atoms with Gasteiger partial charge in [0.1, 0.15) is 15.9 Å². The summed E-state index contributed by atoms with van der Waals surface area (Å²) in [6.45, 7) is 2.04. The van der Waals surface area contributed by atoms with Crippen molar-refractivity contribution in [1.82, 2.24) is 13.1 Å². The van der Waals surface area contributed by atoms with Gasteiger partial charge in [0.2, 0.25) is 10.0 Å². The fourth-order valence-electron chi connectivity index (χ4n) is 3.74. The number of fused-ring (bicyclic) bond motifs is 3. The summed E-state index contributed by atoms with van der Waals surface area (Å²) in [7, 11) is -3.52. The van der Waals surface area contributed by atoms with E-state index in [1.807, 2.05) is 6.92 Å². The zero-order chi connectivity index (χ0) is 15.3. The number of hydrogen-bond acceptors (Lipinski definition) is 5. The Labute approximate surface area is 134 Å². The molecule has 2 aliphatic rings. The van der Waals surface area contributed by atoms with Crippen LogP contribution in [0.25, 0.3) is 11.0 Å². The summed E-state index contributed by atoms with van der Waals surface area (Å²) in [5.74, 6) is 0. The van der Waals surface area contributed by atoms with E-state index in [2.05, 4.69) is 14.8 Å². The topological polar surface area (TPSA) is 63.2 Å². The van der Waals surface area contributed by atoms with Crippen LogP contribution >= 0.6 is 11.7 Å². The van der Waals surface area contributed by atoms with Crippen molar-refractivity contribution in [3.63, 3.8) is 0 Å². The lowest BCUT2D eigenvalue weighted by Crippen LogP contribution is -2.44. The fourth-order valence-corrected chi connectivity index (χ4v) is 6.37. The van der Waals surface area contributed by atoms with E-state index >= 15 is 0 Å². The van der Waals surface area contributed by atoms with Crippen molar-refractivity contribution in [2.75, 3.05) is 0 Å². The van der Waals surface area contributed by atoms with E-state index in [0.29, 0.717) is 15.9 Å². The molecule has 2 saturated heterocycles. The van der Waals surface area contributed by atoms with Crippen molar-refractivity contribution in [3.8, 4) is 0 Å². The van der Waals surface area contributed by atoms with Gasteiger partial charge in [0, 0.05) is 12.1 Å². The molecule has 1 aromatic heterocycles. The molecule has 4 rings (SSSR count). The Morgan fingerprint density at radius 3 is 2.64 bits per heavy atom. The molecule has 0 aliphatic carbocycles. The average molecular weight is 335 g/mol. The van der Waals surface area contributed by atoms with Crippen molar-refractivity contribution in [2.24, 2.45) is 0 Å². The molecule has 0 amide bonds. The quantitative estimate of drug-likeness (QED) is 0.792. The highest BCUT2D eigenvalue weighted by Crippen LogP contribution is 2.42. The Morgan fingerprint density at radius 1 is 1.23 bits per heavy atom. The monoisotopic (exact) mass is 335 g/mol. The van der Waals surface area contributed by atoms with Gasteiger partial charge in [0.05, 0.1) is 11.7 Å². The summed E-state index contributed by atoms with van der Waals surface area (Å²) in [5, 5.41) is 0. The third-order valence-corrected chi connectivity index (χ3v) is 7.34. The number of piperidine rings is 1. The Hall–Kier alpha value is -1.31.